The molecule has 0 bridgehead atoms. The zero-order chi connectivity index (χ0) is 15.2. The van der Waals surface area contributed by atoms with Crippen molar-refractivity contribution in [2.75, 3.05) is 17.7 Å². The van der Waals surface area contributed by atoms with Crippen molar-refractivity contribution in [2.24, 2.45) is 0 Å². The molecule has 2 rings (SSSR count). The Morgan fingerprint density at radius 1 is 1.33 bits per heavy atom. The van der Waals surface area contributed by atoms with Crippen LogP contribution in [0.4, 0.5) is 11.4 Å². The van der Waals surface area contributed by atoms with Crippen LogP contribution in [0.2, 0.25) is 0 Å². The Morgan fingerprint density at radius 2 is 2.14 bits per heavy atom. The van der Waals surface area contributed by atoms with Crippen LogP contribution in [0.15, 0.2) is 46.9 Å². The number of benzene rings is 2. The van der Waals surface area contributed by atoms with Crippen LogP contribution in [0.5, 0.6) is 5.75 Å². The lowest BCUT2D eigenvalue weighted by molar-refractivity contribution is -0.118. The number of nitrogens with zero attached hydrogens (tertiary/aromatic N) is 1. The molecule has 0 atom stereocenters. The summed E-state index contributed by atoms with van der Waals surface area (Å²) in [4.78, 5) is 11.8. The Balaban J connectivity index is 1.98. The SMILES string of the molecule is N#Cc1cc(Br)ccc1NC(=O)COc1cccc(N)c1. The summed E-state index contributed by atoms with van der Waals surface area (Å²) in [5.74, 6) is 0.165. The van der Waals surface area contributed by atoms with Crippen molar-refractivity contribution in [2.45, 2.75) is 0 Å². The zero-order valence-electron chi connectivity index (χ0n) is 11.0. The molecule has 0 heterocycles. The molecule has 0 unspecified atom stereocenters. The van der Waals surface area contributed by atoms with Crippen LogP contribution >= 0.6 is 15.9 Å². The quantitative estimate of drug-likeness (QED) is 0.833. The number of nitrogen functional groups attached to an aromatic ring is 1. The van der Waals surface area contributed by atoms with E-state index in [1.54, 1.807) is 42.5 Å². The van der Waals surface area contributed by atoms with E-state index in [0.717, 1.165) is 4.47 Å². The molecule has 0 fully saturated rings. The molecule has 106 valence electrons. The van der Waals surface area contributed by atoms with Crippen LogP contribution in [0, 0.1) is 11.3 Å². The predicted molar refractivity (Wildman–Crippen MR) is 83.8 cm³/mol. The fraction of sp³-hybridized carbons (Fsp3) is 0.0667. The Bertz CT molecular complexity index is 710. The lowest BCUT2D eigenvalue weighted by Crippen LogP contribution is -2.20. The maximum absolute atomic E-state index is 11.8. The standard InChI is InChI=1S/C15H12BrN3O2/c16-11-4-5-14(10(6-11)8-17)19-15(20)9-21-13-3-1-2-12(18)7-13/h1-7H,9,18H2,(H,19,20). The third-order valence-electron chi connectivity index (χ3n) is 2.60. The minimum Gasteiger partial charge on any atom is -0.484 e. The van der Waals surface area contributed by atoms with Gasteiger partial charge in [-0.15, -0.1) is 0 Å². The molecule has 0 aliphatic rings. The van der Waals surface area contributed by atoms with Crippen LogP contribution in [-0.2, 0) is 4.79 Å². The van der Waals surface area contributed by atoms with Gasteiger partial charge in [0.15, 0.2) is 6.61 Å². The summed E-state index contributed by atoms with van der Waals surface area (Å²) in [7, 11) is 0. The van der Waals surface area contributed by atoms with E-state index in [1.807, 2.05) is 6.07 Å². The number of amides is 1. The van der Waals surface area contributed by atoms with Crippen molar-refractivity contribution in [3.05, 3.63) is 52.5 Å². The average molecular weight is 346 g/mol. The maximum atomic E-state index is 11.8. The van der Waals surface area contributed by atoms with Gasteiger partial charge >= 0.3 is 0 Å². The topological polar surface area (TPSA) is 88.1 Å². The molecule has 5 nitrogen and oxygen atoms in total. The highest BCUT2D eigenvalue weighted by molar-refractivity contribution is 9.10. The largest absolute Gasteiger partial charge is 0.484 e. The Labute approximate surface area is 130 Å². The molecule has 0 aliphatic heterocycles. The van der Waals surface area contributed by atoms with Gasteiger partial charge in [0.1, 0.15) is 11.8 Å². The van der Waals surface area contributed by atoms with Crippen molar-refractivity contribution in [3.8, 4) is 11.8 Å². The molecule has 2 aromatic carbocycles. The summed E-state index contributed by atoms with van der Waals surface area (Å²) in [6.07, 6.45) is 0. The lowest BCUT2D eigenvalue weighted by Gasteiger charge is -2.09. The first kappa shape index (κ1) is 14.9. The molecule has 0 aromatic heterocycles. The predicted octanol–water partition coefficient (Wildman–Crippen LogP) is 2.92. The van der Waals surface area contributed by atoms with Gasteiger partial charge in [0.25, 0.3) is 5.91 Å². The van der Waals surface area contributed by atoms with E-state index < -0.39 is 0 Å². The fourth-order valence-electron chi connectivity index (χ4n) is 1.66. The fourth-order valence-corrected chi connectivity index (χ4v) is 2.02. The number of carbonyl (C=O) groups is 1. The molecule has 1 amide bonds. The number of hydrogen-bond donors (Lipinski definition) is 2. The summed E-state index contributed by atoms with van der Waals surface area (Å²) in [6.45, 7) is -0.162. The van der Waals surface area contributed by atoms with E-state index in [2.05, 4.69) is 21.2 Å². The first-order chi connectivity index (χ1) is 10.1. The van der Waals surface area contributed by atoms with E-state index in [4.69, 9.17) is 15.7 Å². The Morgan fingerprint density at radius 3 is 2.86 bits per heavy atom. The van der Waals surface area contributed by atoms with Crippen molar-refractivity contribution in [1.29, 1.82) is 5.26 Å². The molecule has 0 saturated carbocycles. The van der Waals surface area contributed by atoms with Crippen LogP contribution in [0.3, 0.4) is 0 Å². The number of ether oxygens (including phenoxy) is 1. The van der Waals surface area contributed by atoms with Gasteiger partial charge in [0, 0.05) is 16.2 Å². The van der Waals surface area contributed by atoms with E-state index in [0.29, 0.717) is 22.7 Å². The van der Waals surface area contributed by atoms with Gasteiger partial charge in [0.2, 0.25) is 0 Å². The number of carbonyl (C=O) groups excluding carboxylic acids is 1. The molecule has 6 heteroatoms. The van der Waals surface area contributed by atoms with E-state index in [1.165, 1.54) is 0 Å². The van der Waals surface area contributed by atoms with Gasteiger partial charge < -0.3 is 15.8 Å². The average Bonchev–Trinajstić information content (AvgIpc) is 2.47. The van der Waals surface area contributed by atoms with Crippen molar-refractivity contribution >= 4 is 33.2 Å². The summed E-state index contributed by atoms with van der Waals surface area (Å²) >= 11 is 3.27. The van der Waals surface area contributed by atoms with Gasteiger partial charge in [-0.25, -0.2) is 0 Å². The zero-order valence-corrected chi connectivity index (χ0v) is 12.6. The van der Waals surface area contributed by atoms with Crippen LogP contribution in [0.25, 0.3) is 0 Å². The number of rotatable bonds is 4. The summed E-state index contributed by atoms with van der Waals surface area (Å²) in [5.41, 5.74) is 7.00. The van der Waals surface area contributed by atoms with E-state index in [-0.39, 0.29) is 12.5 Å². The smallest absolute Gasteiger partial charge is 0.262 e. The second-order valence-electron chi connectivity index (χ2n) is 4.21. The Kier molecular flexibility index (Phi) is 4.80. The number of anilines is 2. The van der Waals surface area contributed by atoms with Crippen molar-refractivity contribution < 1.29 is 9.53 Å². The molecular weight excluding hydrogens is 334 g/mol. The van der Waals surface area contributed by atoms with E-state index in [9.17, 15) is 4.79 Å². The molecule has 21 heavy (non-hydrogen) atoms. The normalized spacial score (nSPS) is 9.71. The van der Waals surface area contributed by atoms with Crippen molar-refractivity contribution in [1.82, 2.24) is 0 Å². The van der Waals surface area contributed by atoms with Gasteiger partial charge in [0.05, 0.1) is 11.3 Å². The monoisotopic (exact) mass is 345 g/mol. The lowest BCUT2D eigenvalue weighted by atomic mass is 10.2. The first-order valence-corrected chi connectivity index (χ1v) is 6.85. The molecule has 0 saturated heterocycles. The highest BCUT2D eigenvalue weighted by atomic mass is 79.9. The minimum atomic E-state index is -0.351. The van der Waals surface area contributed by atoms with Crippen molar-refractivity contribution in [3.63, 3.8) is 0 Å². The Hall–Kier alpha value is -2.52. The summed E-state index contributed by atoms with van der Waals surface area (Å²) in [5, 5.41) is 11.7. The summed E-state index contributed by atoms with van der Waals surface area (Å²) in [6, 6.07) is 13.9. The molecule has 2 aromatic rings. The maximum Gasteiger partial charge on any atom is 0.262 e. The first-order valence-electron chi connectivity index (χ1n) is 6.06. The summed E-state index contributed by atoms with van der Waals surface area (Å²) < 4.78 is 6.11. The second-order valence-corrected chi connectivity index (χ2v) is 5.13. The molecule has 0 radical (unpaired) electrons. The molecular formula is C15H12BrN3O2. The number of hydrogen-bond acceptors (Lipinski definition) is 4. The van der Waals surface area contributed by atoms with Crippen LogP contribution < -0.4 is 15.8 Å². The van der Waals surface area contributed by atoms with E-state index >= 15 is 0 Å². The highest BCUT2D eigenvalue weighted by Crippen LogP contribution is 2.20. The molecule has 0 aliphatic carbocycles. The van der Waals surface area contributed by atoms with Gasteiger partial charge in [-0.1, -0.05) is 22.0 Å². The number of halogens is 1. The third kappa shape index (κ3) is 4.23. The molecule has 3 N–H and O–H groups in total. The third-order valence-corrected chi connectivity index (χ3v) is 3.10. The van der Waals surface area contributed by atoms with Crippen LogP contribution in [0.1, 0.15) is 5.56 Å². The number of nitriles is 1. The number of nitrogens with two attached hydrogens (primary N) is 1. The minimum absolute atomic E-state index is 0.162. The van der Waals surface area contributed by atoms with Gasteiger partial charge in [-0.2, -0.15) is 5.26 Å². The number of nitrogens with one attached hydrogen (secondary N) is 1. The second kappa shape index (κ2) is 6.77. The van der Waals surface area contributed by atoms with Gasteiger partial charge in [-0.3, -0.25) is 4.79 Å². The highest BCUT2D eigenvalue weighted by Gasteiger charge is 2.08. The molecule has 0 spiro atoms. The van der Waals surface area contributed by atoms with Gasteiger partial charge in [-0.05, 0) is 30.3 Å². The van der Waals surface area contributed by atoms with Crippen LogP contribution in [-0.4, -0.2) is 12.5 Å².